The zero-order valence-corrected chi connectivity index (χ0v) is 16.2. The molecule has 1 fully saturated rings. The van der Waals surface area contributed by atoms with Crippen molar-refractivity contribution in [2.24, 2.45) is 0 Å². The van der Waals surface area contributed by atoms with Crippen LogP contribution in [-0.2, 0) is 4.74 Å². The van der Waals surface area contributed by atoms with E-state index in [1.54, 1.807) is 11.8 Å². The van der Waals surface area contributed by atoms with E-state index in [-0.39, 0.29) is 12.6 Å². The van der Waals surface area contributed by atoms with Gasteiger partial charge < -0.3 is 9.84 Å². The summed E-state index contributed by atoms with van der Waals surface area (Å²) in [5, 5.41) is 11.0. The van der Waals surface area contributed by atoms with Crippen LogP contribution in [0.15, 0.2) is 22.7 Å². The molecule has 2 rings (SSSR count). The zero-order chi connectivity index (χ0) is 17.4. The summed E-state index contributed by atoms with van der Waals surface area (Å²) in [6.07, 6.45) is 0.846. The molecule has 1 aliphatic heterocycles. The van der Waals surface area contributed by atoms with E-state index in [2.05, 4.69) is 15.9 Å². The van der Waals surface area contributed by atoms with E-state index in [1.807, 2.05) is 39.0 Å². The van der Waals surface area contributed by atoms with Gasteiger partial charge in [0.2, 0.25) is 0 Å². The summed E-state index contributed by atoms with van der Waals surface area (Å²) < 4.78 is 6.38. The maximum atomic E-state index is 12.6. The molecule has 4 nitrogen and oxygen atoms in total. The largest absolute Gasteiger partial charge is 0.444 e. The molecule has 1 amide bonds. The fraction of sp³-hybridized carbons (Fsp3) is 0.588. The molecule has 0 radical (unpaired) electrons. The first-order valence-electron chi connectivity index (χ1n) is 7.65. The molecule has 128 valence electrons. The number of carbonyl (C=O) groups excluding carboxylic acids is 1. The van der Waals surface area contributed by atoms with Gasteiger partial charge in [-0.2, -0.15) is 0 Å². The fourth-order valence-electron chi connectivity index (χ4n) is 2.79. The molecule has 1 N–H and O–H groups in total. The Morgan fingerprint density at radius 3 is 2.65 bits per heavy atom. The number of rotatable bonds is 1. The van der Waals surface area contributed by atoms with Gasteiger partial charge in [-0.1, -0.05) is 27.5 Å². The quantitative estimate of drug-likeness (QED) is 0.722. The van der Waals surface area contributed by atoms with Crippen molar-refractivity contribution in [1.29, 1.82) is 0 Å². The van der Waals surface area contributed by atoms with Crippen LogP contribution in [0.5, 0.6) is 0 Å². The summed E-state index contributed by atoms with van der Waals surface area (Å²) in [6.45, 7) is 7.47. The topological polar surface area (TPSA) is 49.8 Å². The van der Waals surface area contributed by atoms with Crippen LogP contribution in [0.25, 0.3) is 0 Å². The summed E-state index contributed by atoms with van der Waals surface area (Å²) in [5.74, 6) is 0. The number of nitrogens with zero attached hydrogens (tertiary/aromatic N) is 1. The van der Waals surface area contributed by atoms with Crippen molar-refractivity contribution in [3.8, 4) is 0 Å². The van der Waals surface area contributed by atoms with E-state index in [1.165, 1.54) is 0 Å². The highest BCUT2D eigenvalue weighted by Gasteiger charge is 2.39. The average molecular weight is 405 g/mol. The summed E-state index contributed by atoms with van der Waals surface area (Å²) in [5.41, 5.74) is -0.561. The number of aliphatic hydroxyl groups is 1. The Morgan fingerprint density at radius 2 is 2.09 bits per heavy atom. The van der Waals surface area contributed by atoms with Crippen molar-refractivity contribution in [2.75, 3.05) is 6.54 Å². The van der Waals surface area contributed by atoms with Crippen molar-refractivity contribution in [1.82, 2.24) is 4.90 Å². The lowest BCUT2D eigenvalue weighted by Crippen LogP contribution is -2.51. The third-order valence-corrected chi connectivity index (χ3v) is 4.42. The Bertz CT molecular complexity index is 578. The maximum Gasteiger partial charge on any atom is 0.410 e. The number of β-amino-alcohol motifs (C(OH)–C–C–N with tert-alkyl or cyclic N) is 1. The Hall–Kier alpha value is -0.780. The van der Waals surface area contributed by atoms with Crippen molar-refractivity contribution in [2.45, 2.75) is 57.8 Å². The molecule has 1 heterocycles. The monoisotopic (exact) mass is 403 g/mol. The second kappa shape index (κ2) is 6.61. The van der Waals surface area contributed by atoms with Gasteiger partial charge in [-0.05, 0) is 64.3 Å². The van der Waals surface area contributed by atoms with Crippen LogP contribution in [0.2, 0.25) is 5.02 Å². The summed E-state index contributed by atoms with van der Waals surface area (Å²) in [4.78, 5) is 14.2. The number of piperidine rings is 1. The van der Waals surface area contributed by atoms with Gasteiger partial charge in [0.15, 0.2) is 0 Å². The SMILES string of the molecule is CC1(O)CCC(c2cc(Cl)cc(Br)c2)N(C(=O)OC(C)(C)C)C1. The molecule has 1 aliphatic rings. The molecule has 0 spiro atoms. The first-order chi connectivity index (χ1) is 10.5. The second-order valence-corrected chi connectivity index (χ2v) is 8.71. The van der Waals surface area contributed by atoms with Crippen molar-refractivity contribution < 1.29 is 14.6 Å². The molecule has 2 unspecified atom stereocenters. The van der Waals surface area contributed by atoms with Crippen LogP contribution in [0.1, 0.15) is 52.1 Å². The van der Waals surface area contributed by atoms with E-state index in [0.717, 1.165) is 10.0 Å². The molecule has 0 aliphatic carbocycles. The molecular weight excluding hydrogens is 382 g/mol. The van der Waals surface area contributed by atoms with E-state index in [9.17, 15) is 9.90 Å². The van der Waals surface area contributed by atoms with E-state index in [4.69, 9.17) is 16.3 Å². The van der Waals surface area contributed by atoms with Gasteiger partial charge in [0.25, 0.3) is 0 Å². The number of amides is 1. The average Bonchev–Trinajstić information content (AvgIpc) is 2.34. The summed E-state index contributed by atoms with van der Waals surface area (Å²) in [6, 6.07) is 5.45. The maximum absolute atomic E-state index is 12.6. The third-order valence-electron chi connectivity index (χ3n) is 3.74. The highest BCUT2D eigenvalue weighted by molar-refractivity contribution is 9.10. The van der Waals surface area contributed by atoms with Crippen molar-refractivity contribution in [3.05, 3.63) is 33.3 Å². The fourth-order valence-corrected chi connectivity index (χ4v) is 3.67. The van der Waals surface area contributed by atoms with Gasteiger partial charge in [-0.25, -0.2) is 4.79 Å². The number of benzene rings is 1. The Labute approximate surface area is 150 Å². The van der Waals surface area contributed by atoms with Crippen molar-refractivity contribution >= 4 is 33.6 Å². The smallest absolute Gasteiger partial charge is 0.410 e. The molecule has 1 aromatic rings. The van der Waals surface area contributed by atoms with Crippen LogP contribution in [0.4, 0.5) is 4.79 Å². The lowest BCUT2D eigenvalue weighted by Gasteiger charge is -2.43. The van der Waals surface area contributed by atoms with Gasteiger partial charge in [0, 0.05) is 9.50 Å². The first kappa shape index (κ1) is 18.6. The Balaban J connectivity index is 2.33. The minimum absolute atomic E-state index is 0.167. The highest BCUT2D eigenvalue weighted by atomic mass is 79.9. The normalized spacial score (nSPS) is 25.3. The van der Waals surface area contributed by atoms with E-state index < -0.39 is 17.3 Å². The van der Waals surface area contributed by atoms with Crippen LogP contribution >= 0.6 is 27.5 Å². The predicted octanol–water partition coefficient (Wildman–Crippen LogP) is 4.93. The minimum atomic E-state index is -0.913. The van der Waals surface area contributed by atoms with Gasteiger partial charge in [0.05, 0.1) is 18.2 Å². The number of halogens is 2. The van der Waals surface area contributed by atoms with Crippen LogP contribution in [-0.4, -0.2) is 33.8 Å². The van der Waals surface area contributed by atoms with Gasteiger partial charge >= 0.3 is 6.09 Å². The third kappa shape index (κ3) is 5.10. The van der Waals surface area contributed by atoms with Gasteiger partial charge in [-0.15, -0.1) is 0 Å². The lowest BCUT2D eigenvalue weighted by atomic mass is 9.87. The molecule has 0 bridgehead atoms. The second-order valence-electron chi connectivity index (χ2n) is 7.36. The Kier molecular flexibility index (Phi) is 5.34. The van der Waals surface area contributed by atoms with Crippen molar-refractivity contribution in [3.63, 3.8) is 0 Å². The number of hydrogen-bond donors (Lipinski definition) is 1. The molecule has 2 atom stereocenters. The number of hydrogen-bond acceptors (Lipinski definition) is 3. The van der Waals surface area contributed by atoms with Crippen LogP contribution < -0.4 is 0 Å². The molecule has 0 saturated carbocycles. The molecule has 1 aromatic carbocycles. The van der Waals surface area contributed by atoms with Crippen LogP contribution in [0, 0.1) is 0 Å². The van der Waals surface area contributed by atoms with E-state index in [0.29, 0.717) is 17.9 Å². The van der Waals surface area contributed by atoms with Gasteiger partial charge in [0.1, 0.15) is 5.60 Å². The molecule has 1 saturated heterocycles. The number of carbonyl (C=O) groups is 1. The minimum Gasteiger partial charge on any atom is -0.444 e. The number of likely N-dealkylation sites (tertiary alicyclic amines) is 1. The number of ether oxygens (including phenoxy) is 1. The van der Waals surface area contributed by atoms with Crippen LogP contribution in [0.3, 0.4) is 0 Å². The predicted molar refractivity (Wildman–Crippen MR) is 94.7 cm³/mol. The summed E-state index contributed by atoms with van der Waals surface area (Å²) >= 11 is 9.58. The first-order valence-corrected chi connectivity index (χ1v) is 8.82. The standard InChI is InChI=1S/C17H23BrClNO3/c1-16(2,3)23-15(21)20-10-17(4,22)6-5-14(20)11-7-12(18)9-13(19)8-11/h7-9,14,22H,5-6,10H2,1-4H3. The molecule has 0 aromatic heterocycles. The highest BCUT2D eigenvalue weighted by Crippen LogP contribution is 2.38. The zero-order valence-electron chi connectivity index (χ0n) is 13.9. The molecular formula is C17H23BrClNO3. The molecule has 23 heavy (non-hydrogen) atoms. The van der Waals surface area contributed by atoms with Gasteiger partial charge in [-0.3, -0.25) is 4.90 Å². The summed E-state index contributed by atoms with van der Waals surface area (Å²) in [7, 11) is 0. The molecule has 6 heteroatoms. The van der Waals surface area contributed by atoms with E-state index >= 15 is 0 Å². The lowest BCUT2D eigenvalue weighted by molar-refractivity contribution is -0.0519. The Morgan fingerprint density at radius 1 is 1.43 bits per heavy atom.